The van der Waals surface area contributed by atoms with Gasteiger partial charge < -0.3 is 20.7 Å². The van der Waals surface area contributed by atoms with E-state index >= 15 is 0 Å². The molecule has 27 heavy (non-hydrogen) atoms. The van der Waals surface area contributed by atoms with Gasteiger partial charge in [-0.05, 0) is 54.7 Å². The fraction of sp³-hybridized carbons (Fsp3) is 0.333. The van der Waals surface area contributed by atoms with Gasteiger partial charge in [-0.25, -0.2) is 0 Å². The van der Waals surface area contributed by atoms with Gasteiger partial charge in [0.1, 0.15) is 5.75 Å². The molecule has 6 nitrogen and oxygen atoms in total. The van der Waals surface area contributed by atoms with Gasteiger partial charge in [-0.3, -0.25) is 9.59 Å². The van der Waals surface area contributed by atoms with Gasteiger partial charge in [-0.15, -0.1) is 0 Å². The summed E-state index contributed by atoms with van der Waals surface area (Å²) in [6.45, 7) is 0.350. The summed E-state index contributed by atoms with van der Waals surface area (Å²) in [5.74, 6) is 0.498. The van der Waals surface area contributed by atoms with Crippen LogP contribution in [0.15, 0.2) is 42.5 Å². The molecule has 2 aromatic carbocycles. The SMILES string of the molecule is Nc1ccc2c(c1)CCCC2NC(=O)CCN1C(=O)COc2ccccc21. The Bertz CT molecular complexity index is 881. The molecule has 1 unspecified atom stereocenters. The second kappa shape index (κ2) is 7.31. The van der Waals surface area contributed by atoms with Crippen LogP contribution >= 0.6 is 0 Å². The molecule has 4 rings (SSSR count). The molecule has 6 heteroatoms. The van der Waals surface area contributed by atoms with Crippen molar-refractivity contribution in [2.75, 3.05) is 23.8 Å². The molecule has 1 heterocycles. The fourth-order valence-corrected chi connectivity index (χ4v) is 3.86. The Morgan fingerprint density at radius 2 is 2.11 bits per heavy atom. The van der Waals surface area contributed by atoms with Gasteiger partial charge in [0.15, 0.2) is 6.61 Å². The van der Waals surface area contributed by atoms with Crippen LogP contribution in [0.4, 0.5) is 11.4 Å². The van der Waals surface area contributed by atoms with Gasteiger partial charge >= 0.3 is 0 Å². The Morgan fingerprint density at radius 1 is 1.26 bits per heavy atom. The van der Waals surface area contributed by atoms with E-state index in [1.54, 1.807) is 4.90 Å². The third-order valence-electron chi connectivity index (χ3n) is 5.19. The van der Waals surface area contributed by atoms with Crippen molar-refractivity contribution in [3.05, 3.63) is 53.6 Å². The summed E-state index contributed by atoms with van der Waals surface area (Å²) < 4.78 is 5.44. The molecular weight excluding hydrogens is 342 g/mol. The molecule has 1 aliphatic heterocycles. The number of nitrogens with one attached hydrogen (secondary N) is 1. The van der Waals surface area contributed by atoms with Gasteiger partial charge in [0, 0.05) is 18.7 Å². The Hall–Kier alpha value is -3.02. The molecule has 3 N–H and O–H groups in total. The van der Waals surface area contributed by atoms with Crippen molar-refractivity contribution in [1.29, 1.82) is 0 Å². The first kappa shape index (κ1) is 17.4. The Morgan fingerprint density at radius 3 is 3.00 bits per heavy atom. The minimum Gasteiger partial charge on any atom is -0.482 e. The topological polar surface area (TPSA) is 84.7 Å². The zero-order chi connectivity index (χ0) is 18.8. The molecule has 140 valence electrons. The van der Waals surface area contributed by atoms with E-state index in [1.165, 1.54) is 5.56 Å². The lowest BCUT2D eigenvalue weighted by Gasteiger charge is -2.30. The average Bonchev–Trinajstić information content (AvgIpc) is 2.67. The lowest BCUT2D eigenvalue weighted by atomic mass is 9.87. The number of anilines is 2. The fourth-order valence-electron chi connectivity index (χ4n) is 3.86. The van der Waals surface area contributed by atoms with Crippen LogP contribution in [0.3, 0.4) is 0 Å². The Balaban J connectivity index is 1.41. The van der Waals surface area contributed by atoms with E-state index in [9.17, 15) is 9.59 Å². The Kier molecular flexibility index (Phi) is 4.71. The van der Waals surface area contributed by atoms with E-state index in [0.29, 0.717) is 12.3 Å². The summed E-state index contributed by atoms with van der Waals surface area (Å²) in [4.78, 5) is 26.4. The van der Waals surface area contributed by atoms with Crippen molar-refractivity contribution < 1.29 is 14.3 Å². The second-order valence-electron chi connectivity index (χ2n) is 7.02. The third kappa shape index (κ3) is 3.60. The third-order valence-corrected chi connectivity index (χ3v) is 5.19. The highest BCUT2D eigenvalue weighted by molar-refractivity contribution is 5.98. The lowest BCUT2D eigenvalue weighted by molar-refractivity contribution is -0.122. The van der Waals surface area contributed by atoms with E-state index < -0.39 is 0 Å². The maximum Gasteiger partial charge on any atom is 0.265 e. The van der Waals surface area contributed by atoms with Crippen LogP contribution in [0, 0.1) is 0 Å². The molecule has 0 aromatic heterocycles. The normalized spacial score (nSPS) is 18.3. The number of hydrogen-bond acceptors (Lipinski definition) is 4. The van der Waals surface area contributed by atoms with Crippen molar-refractivity contribution in [3.8, 4) is 5.75 Å². The number of hydrogen-bond donors (Lipinski definition) is 2. The standard InChI is InChI=1S/C21H23N3O3/c22-15-8-9-16-14(12-15)4-3-5-17(16)23-20(25)10-11-24-18-6-1-2-7-19(18)27-13-21(24)26/h1-2,6-9,12,17H,3-5,10-11,13,22H2,(H,23,25). The second-order valence-corrected chi connectivity index (χ2v) is 7.02. The molecular formula is C21H23N3O3. The molecule has 0 fully saturated rings. The summed E-state index contributed by atoms with van der Waals surface area (Å²) in [5.41, 5.74) is 9.71. The van der Waals surface area contributed by atoms with Crippen LogP contribution in [-0.4, -0.2) is 25.0 Å². The number of nitrogen functional groups attached to an aromatic ring is 1. The van der Waals surface area contributed by atoms with Crippen LogP contribution in [0.2, 0.25) is 0 Å². The maximum absolute atomic E-state index is 12.5. The van der Waals surface area contributed by atoms with Crippen molar-refractivity contribution >= 4 is 23.2 Å². The van der Waals surface area contributed by atoms with Crippen LogP contribution < -0.4 is 20.7 Å². The highest BCUT2D eigenvalue weighted by Gasteiger charge is 2.26. The van der Waals surface area contributed by atoms with Crippen molar-refractivity contribution in [2.45, 2.75) is 31.7 Å². The molecule has 0 spiro atoms. The number of nitrogens with zero attached hydrogens (tertiary/aromatic N) is 1. The molecule has 2 aliphatic rings. The number of rotatable bonds is 4. The van der Waals surface area contributed by atoms with Crippen molar-refractivity contribution in [2.24, 2.45) is 0 Å². The molecule has 0 saturated heterocycles. The van der Waals surface area contributed by atoms with Crippen molar-refractivity contribution in [1.82, 2.24) is 5.32 Å². The molecule has 0 saturated carbocycles. The number of carbonyl (C=O) groups is 2. The molecule has 2 amide bonds. The minimum atomic E-state index is -0.125. The summed E-state index contributed by atoms with van der Waals surface area (Å²) in [6, 6.07) is 13.3. The van der Waals surface area contributed by atoms with Gasteiger partial charge in [-0.1, -0.05) is 18.2 Å². The smallest absolute Gasteiger partial charge is 0.265 e. The molecule has 1 atom stereocenters. The minimum absolute atomic E-state index is 0.00882. The van der Waals surface area contributed by atoms with Gasteiger partial charge in [0.2, 0.25) is 5.91 Å². The van der Waals surface area contributed by atoms with Gasteiger partial charge in [-0.2, -0.15) is 0 Å². The predicted molar refractivity (Wildman–Crippen MR) is 104 cm³/mol. The highest BCUT2D eigenvalue weighted by Crippen LogP contribution is 2.32. The Labute approximate surface area is 158 Å². The maximum atomic E-state index is 12.5. The highest BCUT2D eigenvalue weighted by atomic mass is 16.5. The molecule has 0 radical (unpaired) electrons. The summed E-state index contributed by atoms with van der Waals surface area (Å²) in [7, 11) is 0. The largest absolute Gasteiger partial charge is 0.482 e. The number of nitrogens with two attached hydrogens (primary N) is 1. The number of amides is 2. The van der Waals surface area contributed by atoms with E-state index in [-0.39, 0.29) is 30.9 Å². The van der Waals surface area contributed by atoms with Gasteiger partial charge in [0.25, 0.3) is 5.91 Å². The number of para-hydroxylation sites is 2. The van der Waals surface area contributed by atoms with E-state index in [2.05, 4.69) is 5.32 Å². The van der Waals surface area contributed by atoms with E-state index in [0.717, 1.165) is 36.2 Å². The zero-order valence-corrected chi connectivity index (χ0v) is 15.1. The first-order valence-corrected chi connectivity index (χ1v) is 9.31. The van der Waals surface area contributed by atoms with Crippen LogP contribution in [0.5, 0.6) is 5.75 Å². The van der Waals surface area contributed by atoms with E-state index in [4.69, 9.17) is 10.5 Å². The van der Waals surface area contributed by atoms with Crippen LogP contribution in [-0.2, 0) is 16.0 Å². The quantitative estimate of drug-likeness (QED) is 0.816. The number of ether oxygens (including phenoxy) is 1. The van der Waals surface area contributed by atoms with E-state index in [1.807, 2.05) is 42.5 Å². The number of benzene rings is 2. The first-order chi connectivity index (χ1) is 13.1. The average molecular weight is 365 g/mol. The summed E-state index contributed by atoms with van der Waals surface area (Å²) >= 11 is 0. The lowest BCUT2D eigenvalue weighted by Crippen LogP contribution is -2.41. The van der Waals surface area contributed by atoms with Crippen molar-refractivity contribution in [3.63, 3.8) is 0 Å². The predicted octanol–water partition coefficient (Wildman–Crippen LogP) is 2.58. The number of carbonyl (C=O) groups excluding carboxylic acids is 2. The first-order valence-electron chi connectivity index (χ1n) is 9.31. The van der Waals surface area contributed by atoms with Crippen LogP contribution in [0.25, 0.3) is 0 Å². The van der Waals surface area contributed by atoms with Gasteiger partial charge in [0.05, 0.1) is 11.7 Å². The van der Waals surface area contributed by atoms with Crippen LogP contribution in [0.1, 0.15) is 36.4 Å². The molecule has 2 aromatic rings. The monoisotopic (exact) mass is 365 g/mol. The molecule has 0 bridgehead atoms. The summed E-state index contributed by atoms with van der Waals surface area (Å²) in [5, 5.41) is 3.12. The number of aryl methyl sites for hydroxylation is 1. The number of fused-ring (bicyclic) bond motifs is 2. The zero-order valence-electron chi connectivity index (χ0n) is 15.1. The summed E-state index contributed by atoms with van der Waals surface area (Å²) in [6.07, 6.45) is 3.19. The molecule has 1 aliphatic carbocycles.